The van der Waals surface area contributed by atoms with Crippen LogP contribution in [0.1, 0.15) is 39.5 Å². The van der Waals surface area contributed by atoms with Gasteiger partial charge in [-0.25, -0.2) is 0 Å². The van der Waals surface area contributed by atoms with Gasteiger partial charge in [-0.2, -0.15) is 0 Å². The number of ether oxygens (including phenoxy) is 1. The van der Waals surface area contributed by atoms with Crippen LogP contribution < -0.4 is 11.1 Å². The summed E-state index contributed by atoms with van der Waals surface area (Å²) >= 11 is 0. The molecule has 1 aliphatic rings. The van der Waals surface area contributed by atoms with Crippen LogP contribution in [0.4, 0.5) is 0 Å². The van der Waals surface area contributed by atoms with E-state index in [0.717, 1.165) is 12.8 Å². The molecule has 1 unspecified atom stereocenters. The molecule has 0 spiro atoms. The molecule has 5 heteroatoms. The lowest BCUT2D eigenvalue weighted by Gasteiger charge is -2.24. The number of rotatable bonds is 7. The van der Waals surface area contributed by atoms with Crippen LogP contribution in [-0.4, -0.2) is 42.9 Å². The van der Waals surface area contributed by atoms with Crippen molar-refractivity contribution in [3.05, 3.63) is 0 Å². The van der Waals surface area contributed by atoms with E-state index in [-0.39, 0.29) is 17.9 Å². The highest BCUT2D eigenvalue weighted by Gasteiger charge is 2.32. The fourth-order valence-electron chi connectivity index (χ4n) is 2.06. The highest BCUT2D eigenvalue weighted by Crippen LogP contribution is 2.25. The van der Waals surface area contributed by atoms with Gasteiger partial charge in [-0.15, -0.1) is 0 Å². The molecule has 1 saturated heterocycles. The summed E-state index contributed by atoms with van der Waals surface area (Å²) in [6.07, 6.45) is 2.79. The Bertz CT molecular complexity index is 273. The molecule has 0 radical (unpaired) electrons. The standard InChI is InChI=1S/C13H26N2O3/c1-12(2,5-7-14)4-3-11(16)15-9-13(17)6-8-18-10-13/h17H,3-10,14H2,1-2H3,(H,15,16). The molecule has 0 aromatic carbocycles. The van der Waals surface area contributed by atoms with Crippen molar-refractivity contribution in [3.63, 3.8) is 0 Å². The number of nitrogens with two attached hydrogens (primary N) is 1. The molecule has 18 heavy (non-hydrogen) atoms. The van der Waals surface area contributed by atoms with Crippen molar-refractivity contribution in [3.8, 4) is 0 Å². The zero-order chi connectivity index (χ0) is 13.6. The SMILES string of the molecule is CC(C)(CCN)CCC(=O)NCC1(O)CCOC1. The molecular formula is C13H26N2O3. The Labute approximate surface area is 109 Å². The van der Waals surface area contributed by atoms with Gasteiger partial charge in [0.15, 0.2) is 0 Å². The fourth-order valence-corrected chi connectivity index (χ4v) is 2.06. The second-order valence-corrected chi connectivity index (χ2v) is 6.01. The minimum absolute atomic E-state index is 0.0135. The zero-order valence-electron chi connectivity index (χ0n) is 11.5. The molecule has 1 aliphatic heterocycles. The molecule has 4 N–H and O–H groups in total. The quantitative estimate of drug-likeness (QED) is 0.617. The Morgan fingerprint density at radius 3 is 2.78 bits per heavy atom. The van der Waals surface area contributed by atoms with Crippen LogP contribution in [0.15, 0.2) is 0 Å². The van der Waals surface area contributed by atoms with Gasteiger partial charge in [0.2, 0.25) is 5.91 Å². The monoisotopic (exact) mass is 258 g/mol. The molecule has 1 rings (SSSR count). The van der Waals surface area contributed by atoms with Gasteiger partial charge in [0.05, 0.1) is 6.61 Å². The van der Waals surface area contributed by atoms with Crippen LogP contribution in [0.2, 0.25) is 0 Å². The zero-order valence-corrected chi connectivity index (χ0v) is 11.5. The Balaban J connectivity index is 2.21. The number of carbonyl (C=O) groups excluding carboxylic acids is 1. The second kappa shape index (κ2) is 6.50. The van der Waals surface area contributed by atoms with E-state index in [1.54, 1.807) is 0 Å². The summed E-state index contributed by atoms with van der Waals surface area (Å²) in [5.41, 5.74) is 4.76. The molecule has 0 saturated carbocycles. The molecule has 0 aromatic heterocycles. The fraction of sp³-hybridized carbons (Fsp3) is 0.923. The Morgan fingerprint density at radius 1 is 1.50 bits per heavy atom. The molecule has 1 amide bonds. The second-order valence-electron chi connectivity index (χ2n) is 6.01. The van der Waals surface area contributed by atoms with Crippen molar-refractivity contribution in [2.75, 3.05) is 26.3 Å². The van der Waals surface area contributed by atoms with Crippen molar-refractivity contribution in [2.24, 2.45) is 11.1 Å². The predicted molar refractivity (Wildman–Crippen MR) is 70.1 cm³/mol. The van der Waals surface area contributed by atoms with Gasteiger partial charge < -0.3 is 20.9 Å². The largest absolute Gasteiger partial charge is 0.386 e. The predicted octanol–water partition coefficient (Wildman–Crippen LogP) is 0.409. The third-order valence-corrected chi connectivity index (χ3v) is 3.55. The summed E-state index contributed by atoms with van der Waals surface area (Å²) in [7, 11) is 0. The van der Waals surface area contributed by atoms with E-state index in [2.05, 4.69) is 19.2 Å². The van der Waals surface area contributed by atoms with E-state index in [0.29, 0.717) is 32.6 Å². The van der Waals surface area contributed by atoms with Gasteiger partial charge in [0, 0.05) is 26.0 Å². The van der Waals surface area contributed by atoms with E-state index >= 15 is 0 Å². The minimum atomic E-state index is -0.873. The number of hydrogen-bond acceptors (Lipinski definition) is 4. The molecule has 0 aromatic rings. The van der Waals surface area contributed by atoms with E-state index in [4.69, 9.17) is 10.5 Å². The van der Waals surface area contributed by atoms with Gasteiger partial charge in [-0.05, 0) is 24.8 Å². The van der Waals surface area contributed by atoms with Crippen molar-refractivity contribution in [1.29, 1.82) is 0 Å². The summed E-state index contributed by atoms with van der Waals surface area (Å²) in [6, 6.07) is 0. The summed E-state index contributed by atoms with van der Waals surface area (Å²) in [4.78, 5) is 11.7. The number of amides is 1. The topological polar surface area (TPSA) is 84.6 Å². The molecular weight excluding hydrogens is 232 g/mol. The molecule has 1 fully saturated rings. The first-order valence-corrected chi connectivity index (χ1v) is 6.64. The molecule has 5 nitrogen and oxygen atoms in total. The van der Waals surface area contributed by atoms with Crippen LogP contribution in [-0.2, 0) is 9.53 Å². The average molecular weight is 258 g/mol. The van der Waals surface area contributed by atoms with Crippen LogP contribution in [0.25, 0.3) is 0 Å². The molecule has 106 valence electrons. The first kappa shape index (κ1) is 15.4. The first-order valence-electron chi connectivity index (χ1n) is 6.64. The highest BCUT2D eigenvalue weighted by atomic mass is 16.5. The smallest absolute Gasteiger partial charge is 0.220 e. The summed E-state index contributed by atoms with van der Waals surface area (Å²) in [6.45, 7) is 6.04. The maximum Gasteiger partial charge on any atom is 0.220 e. The lowest BCUT2D eigenvalue weighted by atomic mass is 9.84. The number of aliphatic hydroxyl groups is 1. The van der Waals surface area contributed by atoms with Crippen molar-refractivity contribution in [2.45, 2.75) is 45.1 Å². The van der Waals surface area contributed by atoms with Crippen LogP contribution in [0.5, 0.6) is 0 Å². The normalized spacial score (nSPS) is 24.2. The van der Waals surface area contributed by atoms with E-state index in [9.17, 15) is 9.90 Å². The summed E-state index contributed by atoms with van der Waals surface area (Å²) in [5.74, 6) is -0.0135. The maximum atomic E-state index is 11.7. The third kappa shape index (κ3) is 5.33. The Hall–Kier alpha value is -0.650. The summed E-state index contributed by atoms with van der Waals surface area (Å²) in [5, 5.41) is 12.8. The Morgan fingerprint density at radius 2 is 2.22 bits per heavy atom. The third-order valence-electron chi connectivity index (χ3n) is 3.55. The first-order chi connectivity index (χ1) is 8.37. The Kier molecular flexibility index (Phi) is 5.56. The molecule has 0 aliphatic carbocycles. The van der Waals surface area contributed by atoms with Crippen LogP contribution >= 0.6 is 0 Å². The van der Waals surface area contributed by atoms with E-state index in [1.807, 2.05) is 0 Å². The molecule has 1 atom stereocenters. The molecule has 0 bridgehead atoms. The minimum Gasteiger partial charge on any atom is -0.386 e. The number of nitrogens with one attached hydrogen (secondary N) is 1. The van der Waals surface area contributed by atoms with Crippen LogP contribution in [0.3, 0.4) is 0 Å². The number of carbonyl (C=O) groups is 1. The van der Waals surface area contributed by atoms with Crippen molar-refractivity contribution < 1.29 is 14.6 Å². The maximum absolute atomic E-state index is 11.7. The number of hydrogen-bond donors (Lipinski definition) is 3. The van der Waals surface area contributed by atoms with Crippen molar-refractivity contribution in [1.82, 2.24) is 5.32 Å². The lowest BCUT2D eigenvalue weighted by molar-refractivity contribution is -0.122. The molecule has 1 heterocycles. The highest BCUT2D eigenvalue weighted by molar-refractivity contribution is 5.75. The van der Waals surface area contributed by atoms with Gasteiger partial charge in [-0.1, -0.05) is 13.8 Å². The van der Waals surface area contributed by atoms with E-state index < -0.39 is 5.60 Å². The van der Waals surface area contributed by atoms with Gasteiger partial charge >= 0.3 is 0 Å². The average Bonchev–Trinajstić information content (AvgIpc) is 2.72. The van der Waals surface area contributed by atoms with Crippen LogP contribution in [0, 0.1) is 5.41 Å². The van der Waals surface area contributed by atoms with Crippen molar-refractivity contribution >= 4 is 5.91 Å². The van der Waals surface area contributed by atoms with E-state index in [1.165, 1.54) is 0 Å². The summed E-state index contributed by atoms with van der Waals surface area (Å²) < 4.78 is 5.12. The van der Waals surface area contributed by atoms with Gasteiger partial charge in [0.25, 0.3) is 0 Å². The van der Waals surface area contributed by atoms with Gasteiger partial charge in [0.1, 0.15) is 5.60 Å². The van der Waals surface area contributed by atoms with Gasteiger partial charge in [-0.3, -0.25) is 4.79 Å². The lowest BCUT2D eigenvalue weighted by Crippen LogP contribution is -2.43.